The fourth-order valence-electron chi connectivity index (χ4n) is 3.56. The first-order valence-corrected chi connectivity index (χ1v) is 9.30. The van der Waals surface area contributed by atoms with Crippen LogP contribution in [0.2, 0.25) is 0 Å². The lowest BCUT2D eigenvalue weighted by Gasteiger charge is -2.39. The van der Waals surface area contributed by atoms with Crippen molar-refractivity contribution in [3.63, 3.8) is 0 Å². The average Bonchev–Trinajstić information content (AvgIpc) is 3.00. The highest BCUT2D eigenvalue weighted by Gasteiger charge is 2.43. The van der Waals surface area contributed by atoms with E-state index < -0.39 is 0 Å². The molecule has 138 valence electrons. The van der Waals surface area contributed by atoms with Crippen LogP contribution in [-0.2, 0) is 9.53 Å². The number of allylic oxidation sites excluding steroid dienone is 2. The minimum Gasteiger partial charge on any atom is -0.486 e. The van der Waals surface area contributed by atoms with E-state index in [-0.39, 0.29) is 11.4 Å². The molecule has 1 aliphatic heterocycles. The predicted octanol–water partition coefficient (Wildman–Crippen LogP) is 3.48. The zero-order chi connectivity index (χ0) is 18.6. The van der Waals surface area contributed by atoms with Crippen molar-refractivity contribution in [1.82, 2.24) is 9.80 Å². The minimum atomic E-state index is -0.265. The lowest BCUT2D eigenvalue weighted by molar-refractivity contribution is -0.133. The van der Waals surface area contributed by atoms with Gasteiger partial charge in [-0.1, -0.05) is 61.6 Å². The molecule has 1 aromatic carbocycles. The number of carbonyl (C=O) groups is 1. The smallest absolute Gasteiger partial charge is 0.290 e. The zero-order valence-electron chi connectivity index (χ0n) is 15.9. The normalized spacial score (nSPS) is 22.6. The van der Waals surface area contributed by atoms with Gasteiger partial charge in [-0.05, 0) is 32.5 Å². The molecule has 1 amide bonds. The summed E-state index contributed by atoms with van der Waals surface area (Å²) in [7, 11) is 4.01. The molecule has 0 spiro atoms. The van der Waals surface area contributed by atoms with E-state index in [1.807, 2.05) is 43.3 Å². The third-order valence-electron chi connectivity index (χ3n) is 5.21. The van der Waals surface area contributed by atoms with Crippen molar-refractivity contribution in [2.24, 2.45) is 0 Å². The van der Waals surface area contributed by atoms with Crippen LogP contribution in [0.4, 0.5) is 0 Å². The van der Waals surface area contributed by atoms with E-state index in [4.69, 9.17) is 4.74 Å². The lowest BCUT2D eigenvalue weighted by Crippen LogP contribution is -2.49. The summed E-state index contributed by atoms with van der Waals surface area (Å²) >= 11 is 0. The van der Waals surface area contributed by atoms with E-state index in [2.05, 4.69) is 42.2 Å². The first-order chi connectivity index (χ1) is 12.6. The Morgan fingerprint density at radius 3 is 2.58 bits per heavy atom. The van der Waals surface area contributed by atoms with Gasteiger partial charge in [0, 0.05) is 12.1 Å². The van der Waals surface area contributed by atoms with Crippen LogP contribution in [0.5, 0.6) is 0 Å². The number of benzene rings is 1. The van der Waals surface area contributed by atoms with Gasteiger partial charge in [-0.2, -0.15) is 0 Å². The van der Waals surface area contributed by atoms with Crippen molar-refractivity contribution >= 4 is 11.5 Å². The van der Waals surface area contributed by atoms with E-state index in [0.29, 0.717) is 18.9 Å². The lowest BCUT2D eigenvalue weighted by atomic mass is 9.86. The Morgan fingerprint density at radius 2 is 1.96 bits per heavy atom. The molecular weight excluding hydrogens is 324 g/mol. The van der Waals surface area contributed by atoms with E-state index in [1.165, 1.54) is 0 Å². The Balaban J connectivity index is 1.91. The molecule has 1 unspecified atom stereocenters. The van der Waals surface area contributed by atoms with E-state index in [0.717, 1.165) is 30.5 Å². The van der Waals surface area contributed by atoms with Crippen molar-refractivity contribution in [3.8, 4) is 0 Å². The molecule has 0 saturated heterocycles. The number of amides is 1. The molecular formula is C22H28N2O2. The summed E-state index contributed by atoms with van der Waals surface area (Å²) in [6.07, 6.45) is 10.1. The number of rotatable bonds is 7. The first kappa shape index (κ1) is 18.5. The van der Waals surface area contributed by atoms with Crippen molar-refractivity contribution in [1.29, 1.82) is 0 Å². The van der Waals surface area contributed by atoms with Gasteiger partial charge in [0.25, 0.3) is 5.91 Å². The fourth-order valence-corrected chi connectivity index (χ4v) is 3.56. The van der Waals surface area contributed by atoms with Gasteiger partial charge in [-0.3, -0.25) is 4.79 Å². The number of hydrogen-bond donors (Lipinski definition) is 0. The van der Waals surface area contributed by atoms with Gasteiger partial charge >= 0.3 is 0 Å². The quantitative estimate of drug-likeness (QED) is 0.753. The number of hydrogen-bond acceptors (Lipinski definition) is 3. The number of carbonyl (C=O) groups excluding carboxylic acids is 1. The average molecular weight is 352 g/mol. The Hall–Kier alpha value is -2.33. The second kappa shape index (κ2) is 7.92. The molecule has 3 rings (SSSR count). The largest absolute Gasteiger partial charge is 0.486 e. The maximum Gasteiger partial charge on any atom is 0.290 e. The molecule has 0 aromatic heterocycles. The molecule has 26 heavy (non-hydrogen) atoms. The van der Waals surface area contributed by atoms with Gasteiger partial charge in [0.1, 0.15) is 6.61 Å². The standard InChI is InChI=1S/C22H28N2O2/c1-4-22(13-9-6-10-14-22)24-17-19(18-11-7-5-8-12-18)20(21(24)25)26-16-15-23(2)3/h5-13H,4,14-17H2,1-3H3. The van der Waals surface area contributed by atoms with Crippen LogP contribution in [0.1, 0.15) is 25.3 Å². The summed E-state index contributed by atoms with van der Waals surface area (Å²) in [5.41, 5.74) is 1.79. The molecule has 0 saturated carbocycles. The minimum absolute atomic E-state index is 0.00408. The van der Waals surface area contributed by atoms with Crippen LogP contribution in [-0.4, -0.2) is 55.0 Å². The van der Waals surface area contributed by atoms with Crippen LogP contribution in [0.3, 0.4) is 0 Å². The predicted molar refractivity (Wildman–Crippen MR) is 106 cm³/mol. The molecule has 1 aromatic rings. The van der Waals surface area contributed by atoms with Crippen LogP contribution >= 0.6 is 0 Å². The molecule has 0 N–H and O–H groups in total. The molecule has 1 atom stereocenters. The van der Waals surface area contributed by atoms with Gasteiger partial charge in [-0.25, -0.2) is 0 Å². The summed E-state index contributed by atoms with van der Waals surface area (Å²) in [5.74, 6) is 0.512. The number of nitrogens with zero attached hydrogens (tertiary/aromatic N) is 2. The summed E-state index contributed by atoms with van der Waals surface area (Å²) in [5, 5.41) is 0. The molecule has 1 aliphatic carbocycles. The van der Waals surface area contributed by atoms with Crippen LogP contribution in [0, 0.1) is 0 Å². The van der Waals surface area contributed by atoms with Gasteiger partial charge in [0.15, 0.2) is 5.76 Å². The van der Waals surface area contributed by atoms with Gasteiger partial charge < -0.3 is 14.5 Å². The Bertz CT molecular complexity index is 734. The second-order valence-electron chi connectivity index (χ2n) is 7.17. The highest BCUT2D eigenvalue weighted by atomic mass is 16.5. The second-order valence-corrected chi connectivity index (χ2v) is 7.17. The van der Waals surface area contributed by atoms with E-state index >= 15 is 0 Å². The molecule has 0 radical (unpaired) electrons. The first-order valence-electron chi connectivity index (χ1n) is 9.30. The summed E-state index contributed by atoms with van der Waals surface area (Å²) in [6, 6.07) is 10.1. The molecule has 4 heteroatoms. The zero-order valence-corrected chi connectivity index (χ0v) is 15.9. The Morgan fingerprint density at radius 1 is 1.19 bits per heavy atom. The van der Waals surface area contributed by atoms with Crippen LogP contribution in [0.15, 0.2) is 60.4 Å². The third-order valence-corrected chi connectivity index (χ3v) is 5.21. The Labute approximate surface area is 156 Å². The fraction of sp³-hybridized carbons (Fsp3) is 0.409. The SMILES string of the molecule is CCC1(N2CC(c3ccccc3)=C(OCCN(C)C)C2=O)C=CC=CC1. The van der Waals surface area contributed by atoms with Crippen molar-refractivity contribution in [3.05, 3.63) is 66.0 Å². The molecule has 1 heterocycles. The maximum absolute atomic E-state index is 13.3. The molecule has 0 fully saturated rings. The monoisotopic (exact) mass is 352 g/mol. The van der Waals surface area contributed by atoms with Crippen LogP contribution < -0.4 is 0 Å². The van der Waals surface area contributed by atoms with Crippen molar-refractivity contribution in [2.45, 2.75) is 25.3 Å². The molecule has 0 bridgehead atoms. The topological polar surface area (TPSA) is 32.8 Å². The summed E-state index contributed by atoms with van der Waals surface area (Å²) in [4.78, 5) is 17.3. The van der Waals surface area contributed by atoms with E-state index in [1.54, 1.807) is 0 Å². The molecule has 2 aliphatic rings. The summed E-state index contributed by atoms with van der Waals surface area (Å²) in [6.45, 7) is 4.02. The Kier molecular flexibility index (Phi) is 5.62. The van der Waals surface area contributed by atoms with Gasteiger partial charge in [0.2, 0.25) is 0 Å². The highest BCUT2D eigenvalue weighted by molar-refractivity contribution is 6.05. The summed E-state index contributed by atoms with van der Waals surface area (Å²) < 4.78 is 6.01. The molecule has 4 nitrogen and oxygen atoms in total. The van der Waals surface area contributed by atoms with Crippen molar-refractivity contribution < 1.29 is 9.53 Å². The number of likely N-dealkylation sites (N-methyl/N-ethyl adjacent to an activating group) is 1. The van der Waals surface area contributed by atoms with Gasteiger partial charge in [0.05, 0.1) is 12.1 Å². The van der Waals surface area contributed by atoms with Gasteiger partial charge in [-0.15, -0.1) is 0 Å². The van der Waals surface area contributed by atoms with E-state index in [9.17, 15) is 4.79 Å². The number of ether oxygens (including phenoxy) is 1. The van der Waals surface area contributed by atoms with Crippen LogP contribution in [0.25, 0.3) is 5.57 Å². The highest BCUT2D eigenvalue weighted by Crippen LogP contribution is 2.38. The maximum atomic E-state index is 13.3. The van der Waals surface area contributed by atoms with Crippen molar-refractivity contribution in [2.75, 3.05) is 33.8 Å². The third kappa shape index (κ3) is 3.61.